The third-order valence-electron chi connectivity index (χ3n) is 5.28. The number of rotatable bonds is 6. The number of aryl methyl sites for hydroxylation is 1. The van der Waals surface area contributed by atoms with Gasteiger partial charge in [0.25, 0.3) is 0 Å². The summed E-state index contributed by atoms with van der Waals surface area (Å²) in [5, 5.41) is 6.31. The molecule has 30 heavy (non-hydrogen) atoms. The van der Waals surface area contributed by atoms with Gasteiger partial charge in [-0.25, -0.2) is 13.4 Å². The monoisotopic (exact) mass is 548 g/mol. The van der Waals surface area contributed by atoms with Crippen LogP contribution in [-0.4, -0.2) is 57.2 Å². The number of oxazole rings is 1. The molecular formula is C20H29IN4O4S. The highest BCUT2D eigenvalue weighted by Crippen LogP contribution is 2.28. The van der Waals surface area contributed by atoms with Crippen LogP contribution in [0.2, 0.25) is 0 Å². The Labute approximate surface area is 194 Å². The molecule has 0 saturated carbocycles. The van der Waals surface area contributed by atoms with Gasteiger partial charge in [-0.05, 0) is 31.9 Å². The van der Waals surface area contributed by atoms with Crippen LogP contribution in [0, 0.1) is 6.92 Å². The average Bonchev–Trinajstić information content (AvgIpc) is 3.17. The Balaban J connectivity index is 0.00000320. The predicted molar refractivity (Wildman–Crippen MR) is 128 cm³/mol. The standard InChI is InChI=1S/C20H28N4O4S.HI/c1-15-4-6-16(7-5-15)18-24-17(13-28-18)12-22-19(21-2)23-14-20(29(3,25)26)8-10-27-11-9-20;/h4-7,13H,8-12,14H2,1-3H3,(H2,21,22,23);1H. The molecule has 0 aliphatic carbocycles. The van der Waals surface area contributed by atoms with Crippen molar-refractivity contribution in [3.05, 3.63) is 41.8 Å². The summed E-state index contributed by atoms with van der Waals surface area (Å²) < 4.78 is 34.8. The SMILES string of the molecule is CN=C(NCc1coc(-c2ccc(C)cc2)n1)NCC1(S(C)(=O)=O)CCOCC1.I. The molecular weight excluding hydrogens is 519 g/mol. The van der Waals surface area contributed by atoms with Crippen molar-refractivity contribution in [3.8, 4) is 11.5 Å². The van der Waals surface area contributed by atoms with E-state index in [2.05, 4.69) is 20.6 Å². The first-order valence-corrected chi connectivity index (χ1v) is 11.5. The molecule has 0 bridgehead atoms. The van der Waals surface area contributed by atoms with E-state index in [0.29, 0.717) is 44.5 Å². The first-order valence-electron chi connectivity index (χ1n) is 9.56. The second-order valence-electron chi connectivity index (χ2n) is 7.36. The molecule has 1 aliphatic heterocycles. The van der Waals surface area contributed by atoms with E-state index in [1.165, 1.54) is 11.8 Å². The maximum Gasteiger partial charge on any atom is 0.226 e. The van der Waals surface area contributed by atoms with Crippen LogP contribution in [0.3, 0.4) is 0 Å². The Hall–Kier alpha value is -1.66. The van der Waals surface area contributed by atoms with E-state index in [9.17, 15) is 8.42 Å². The minimum absolute atomic E-state index is 0. The van der Waals surface area contributed by atoms with E-state index in [0.717, 1.165) is 11.3 Å². The molecule has 0 atom stereocenters. The molecule has 1 aromatic heterocycles. The van der Waals surface area contributed by atoms with Crippen LogP contribution >= 0.6 is 24.0 Å². The van der Waals surface area contributed by atoms with Gasteiger partial charge in [0.15, 0.2) is 15.8 Å². The van der Waals surface area contributed by atoms with Crippen LogP contribution in [-0.2, 0) is 21.1 Å². The van der Waals surface area contributed by atoms with Crippen molar-refractivity contribution in [1.82, 2.24) is 15.6 Å². The highest BCUT2D eigenvalue weighted by atomic mass is 127. The molecule has 2 aromatic rings. The van der Waals surface area contributed by atoms with Crippen molar-refractivity contribution < 1.29 is 17.6 Å². The summed E-state index contributed by atoms with van der Waals surface area (Å²) in [6.07, 6.45) is 3.84. The van der Waals surface area contributed by atoms with Crippen LogP contribution in [0.1, 0.15) is 24.1 Å². The molecule has 0 unspecified atom stereocenters. The van der Waals surface area contributed by atoms with Gasteiger partial charge in [0.1, 0.15) is 6.26 Å². The lowest BCUT2D eigenvalue weighted by atomic mass is 9.99. The molecule has 1 fully saturated rings. The van der Waals surface area contributed by atoms with E-state index in [1.54, 1.807) is 13.3 Å². The van der Waals surface area contributed by atoms with Gasteiger partial charge in [-0.15, -0.1) is 24.0 Å². The molecule has 3 rings (SSSR count). The fraction of sp³-hybridized carbons (Fsp3) is 0.500. The van der Waals surface area contributed by atoms with Gasteiger partial charge >= 0.3 is 0 Å². The lowest BCUT2D eigenvalue weighted by Crippen LogP contribution is -2.53. The topological polar surface area (TPSA) is 106 Å². The molecule has 0 radical (unpaired) electrons. The van der Waals surface area contributed by atoms with E-state index in [1.807, 2.05) is 31.2 Å². The average molecular weight is 548 g/mol. The Morgan fingerprint density at radius 1 is 1.20 bits per heavy atom. The number of ether oxygens (including phenoxy) is 1. The van der Waals surface area contributed by atoms with Crippen LogP contribution in [0.25, 0.3) is 11.5 Å². The molecule has 2 N–H and O–H groups in total. The van der Waals surface area contributed by atoms with E-state index < -0.39 is 14.6 Å². The summed E-state index contributed by atoms with van der Waals surface area (Å²) in [5.74, 6) is 1.07. The molecule has 166 valence electrons. The number of hydrogen-bond acceptors (Lipinski definition) is 6. The van der Waals surface area contributed by atoms with Crippen LogP contribution in [0.4, 0.5) is 0 Å². The zero-order chi connectivity index (χ0) is 20.9. The minimum atomic E-state index is -3.24. The van der Waals surface area contributed by atoms with E-state index in [4.69, 9.17) is 9.15 Å². The molecule has 1 aliphatic rings. The second kappa shape index (κ2) is 10.6. The van der Waals surface area contributed by atoms with Crippen LogP contribution < -0.4 is 10.6 Å². The molecule has 8 nitrogen and oxygen atoms in total. The third kappa shape index (κ3) is 5.94. The first kappa shape index (κ1) is 24.6. The Morgan fingerprint density at radius 2 is 1.87 bits per heavy atom. The smallest absolute Gasteiger partial charge is 0.226 e. The second-order valence-corrected chi connectivity index (χ2v) is 9.77. The molecule has 2 heterocycles. The zero-order valence-electron chi connectivity index (χ0n) is 17.5. The highest BCUT2D eigenvalue weighted by molar-refractivity contribution is 14.0. The number of benzene rings is 1. The third-order valence-corrected chi connectivity index (χ3v) is 7.41. The lowest BCUT2D eigenvalue weighted by molar-refractivity contribution is 0.0756. The van der Waals surface area contributed by atoms with Gasteiger partial charge in [0.05, 0.1) is 17.0 Å². The number of sulfone groups is 1. The Morgan fingerprint density at radius 3 is 2.47 bits per heavy atom. The molecule has 0 amide bonds. The Bertz CT molecular complexity index is 951. The fourth-order valence-electron chi connectivity index (χ4n) is 3.28. The lowest BCUT2D eigenvalue weighted by Gasteiger charge is -2.35. The highest BCUT2D eigenvalue weighted by Gasteiger charge is 2.42. The Kier molecular flexibility index (Phi) is 8.68. The van der Waals surface area contributed by atoms with Gasteiger partial charge < -0.3 is 19.8 Å². The van der Waals surface area contributed by atoms with Crippen molar-refractivity contribution >= 4 is 39.8 Å². The van der Waals surface area contributed by atoms with Gasteiger partial charge in [-0.3, -0.25) is 4.99 Å². The van der Waals surface area contributed by atoms with Gasteiger partial charge in [-0.2, -0.15) is 0 Å². The number of aromatic nitrogens is 1. The van der Waals surface area contributed by atoms with Gasteiger partial charge in [0.2, 0.25) is 5.89 Å². The predicted octanol–water partition coefficient (Wildman–Crippen LogP) is 2.53. The quantitative estimate of drug-likeness (QED) is 0.325. The molecule has 0 spiro atoms. The summed E-state index contributed by atoms with van der Waals surface area (Å²) >= 11 is 0. The summed E-state index contributed by atoms with van der Waals surface area (Å²) in [4.78, 5) is 8.68. The van der Waals surface area contributed by atoms with Gasteiger partial charge in [-0.1, -0.05) is 17.7 Å². The fourth-order valence-corrected chi connectivity index (χ4v) is 4.52. The normalized spacial score (nSPS) is 16.6. The minimum Gasteiger partial charge on any atom is -0.444 e. The summed E-state index contributed by atoms with van der Waals surface area (Å²) in [5.41, 5.74) is 2.82. The number of aliphatic imine (C=N–C) groups is 1. The number of guanidine groups is 1. The summed E-state index contributed by atoms with van der Waals surface area (Å²) in [6.45, 7) is 3.61. The van der Waals surface area contributed by atoms with Crippen LogP contribution in [0.5, 0.6) is 0 Å². The molecule has 10 heteroatoms. The summed E-state index contributed by atoms with van der Waals surface area (Å²) in [6, 6.07) is 7.96. The van der Waals surface area contributed by atoms with Gasteiger partial charge in [0, 0.05) is 38.6 Å². The van der Waals surface area contributed by atoms with Crippen molar-refractivity contribution in [1.29, 1.82) is 0 Å². The van der Waals surface area contributed by atoms with Crippen LogP contribution in [0.15, 0.2) is 39.9 Å². The maximum atomic E-state index is 12.4. The van der Waals surface area contributed by atoms with Crippen molar-refractivity contribution in [2.45, 2.75) is 31.1 Å². The maximum absolute atomic E-state index is 12.4. The van der Waals surface area contributed by atoms with Crippen molar-refractivity contribution in [3.63, 3.8) is 0 Å². The summed E-state index contributed by atoms with van der Waals surface area (Å²) in [7, 11) is -1.60. The molecule has 1 saturated heterocycles. The number of hydrogen-bond donors (Lipinski definition) is 2. The number of halogens is 1. The van der Waals surface area contributed by atoms with Crippen molar-refractivity contribution in [2.75, 3.05) is 33.1 Å². The largest absolute Gasteiger partial charge is 0.444 e. The molecule has 1 aromatic carbocycles. The number of nitrogens with zero attached hydrogens (tertiary/aromatic N) is 2. The van der Waals surface area contributed by atoms with E-state index in [-0.39, 0.29) is 30.5 Å². The first-order chi connectivity index (χ1) is 13.8. The number of nitrogens with one attached hydrogen (secondary N) is 2. The van der Waals surface area contributed by atoms with Crippen molar-refractivity contribution in [2.24, 2.45) is 4.99 Å². The zero-order valence-corrected chi connectivity index (χ0v) is 20.6. The van der Waals surface area contributed by atoms with E-state index >= 15 is 0 Å².